The molecule has 0 aliphatic heterocycles. The summed E-state index contributed by atoms with van der Waals surface area (Å²) in [5.74, 6) is 4.86. The quantitative estimate of drug-likeness (QED) is 0.466. The molecule has 1 amide bonds. The average molecular weight is 256 g/mol. The predicted octanol–water partition coefficient (Wildman–Crippen LogP) is 2.37. The van der Waals surface area contributed by atoms with Gasteiger partial charge in [-0.05, 0) is 31.9 Å². The number of hydrogen-bond acceptors (Lipinski definition) is 4. The third-order valence-corrected chi connectivity index (χ3v) is 3.69. The molecule has 1 atom stereocenters. The van der Waals surface area contributed by atoms with Gasteiger partial charge in [0.1, 0.15) is 0 Å². The van der Waals surface area contributed by atoms with Crippen LogP contribution >= 0.6 is 11.3 Å². The van der Waals surface area contributed by atoms with Crippen molar-refractivity contribution in [2.24, 2.45) is 5.84 Å². The lowest BCUT2D eigenvalue weighted by Gasteiger charge is -2.11. The Kier molecular flexibility index (Phi) is 5.61. The summed E-state index contributed by atoms with van der Waals surface area (Å²) in [5.41, 5.74) is 3.20. The summed E-state index contributed by atoms with van der Waals surface area (Å²) in [7, 11) is 0. The average Bonchev–Trinajstić information content (AvgIpc) is 2.67. The molecule has 1 rings (SSSR count). The molecule has 0 spiro atoms. The van der Waals surface area contributed by atoms with Crippen LogP contribution in [0, 0.1) is 6.92 Å². The number of hydrazine groups is 1. The summed E-state index contributed by atoms with van der Waals surface area (Å²) in [5, 5.41) is 0. The van der Waals surface area contributed by atoms with E-state index in [2.05, 4.69) is 19.3 Å². The second-order valence-corrected chi connectivity index (χ2v) is 5.33. The lowest BCUT2D eigenvalue weighted by atomic mass is 10.2. The Bertz CT molecular complexity index is 377. The van der Waals surface area contributed by atoms with Gasteiger partial charge in [-0.1, -0.05) is 13.3 Å². The summed E-state index contributed by atoms with van der Waals surface area (Å²) in [6, 6.07) is 1.85. The minimum atomic E-state index is -0.244. The summed E-state index contributed by atoms with van der Waals surface area (Å²) in [6.07, 6.45) is 2.43. The molecule has 0 fully saturated rings. The molecule has 0 saturated heterocycles. The van der Waals surface area contributed by atoms with E-state index >= 15 is 0 Å². The fourth-order valence-corrected chi connectivity index (χ4v) is 2.50. The van der Waals surface area contributed by atoms with Gasteiger partial charge in [-0.2, -0.15) is 0 Å². The number of carbonyl (C=O) groups excluding carboxylic acids is 1. The fourth-order valence-electron chi connectivity index (χ4n) is 1.57. The largest absolute Gasteiger partial charge is 0.374 e. The van der Waals surface area contributed by atoms with Crippen molar-refractivity contribution in [2.75, 3.05) is 0 Å². The van der Waals surface area contributed by atoms with Gasteiger partial charge >= 0.3 is 0 Å². The number of nitrogen functional groups attached to an aromatic ring is 1. The van der Waals surface area contributed by atoms with Gasteiger partial charge in [-0.25, -0.2) is 5.84 Å². The van der Waals surface area contributed by atoms with Crippen molar-refractivity contribution in [1.29, 1.82) is 0 Å². The SMILES string of the molecule is CCCC(C)OCc1cc(C(=O)NN)sc1C. The predicted molar refractivity (Wildman–Crippen MR) is 69.9 cm³/mol. The highest BCUT2D eigenvalue weighted by Crippen LogP contribution is 2.22. The van der Waals surface area contributed by atoms with Gasteiger partial charge in [0.05, 0.1) is 17.6 Å². The molecule has 0 aliphatic rings. The fraction of sp³-hybridized carbons (Fsp3) is 0.583. The number of amides is 1. The maximum atomic E-state index is 11.4. The Hall–Kier alpha value is -0.910. The molecule has 96 valence electrons. The molecule has 1 heterocycles. The summed E-state index contributed by atoms with van der Waals surface area (Å²) >= 11 is 1.44. The number of carbonyl (C=O) groups is 1. The number of nitrogens with two attached hydrogens (primary N) is 1. The minimum Gasteiger partial charge on any atom is -0.374 e. The topological polar surface area (TPSA) is 64.3 Å². The van der Waals surface area contributed by atoms with E-state index in [1.54, 1.807) is 0 Å². The Morgan fingerprint density at radius 2 is 2.35 bits per heavy atom. The smallest absolute Gasteiger partial charge is 0.275 e. The van der Waals surface area contributed by atoms with Crippen LogP contribution in [0.1, 0.15) is 46.8 Å². The van der Waals surface area contributed by atoms with E-state index in [9.17, 15) is 4.79 Å². The maximum absolute atomic E-state index is 11.4. The maximum Gasteiger partial charge on any atom is 0.275 e. The first-order chi connectivity index (χ1) is 8.08. The van der Waals surface area contributed by atoms with Gasteiger partial charge in [-0.3, -0.25) is 10.2 Å². The minimum absolute atomic E-state index is 0.244. The number of thiophene rings is 1. The molecule has 0 aromatic carbocycles. The zero-order valence-corrected chi connectivity index (χ0v) is 11.4. The van der Waals surface area contributed by atoms with Crippen LogP contribution in [0.3, 0.4) is 0 Å². The highest BCUT2D eigenvalue weighted by Gasteiger charge is 2.12. The van der Waals surface area contributed by atoms with E-state index in [0.717, 1.165) is 23.3 Å². The van der Waals surface area contributed by atoms with Crippen LogP contribution in [0.5, 0.6) is 0 Å². The first-order valence-corrected chi connectivity index (χ1v) is 6.62. The second-order valence-electron chi connectivity index (χ2n) is 4.08. The number of rotatable bonds is 6. The summed E-state index contributed by atoms with van der Waals surface area (Å²) in [4.78, 5) is 13.1. The third kappa shape index (κ3) is 4.11. The highest BCUT2D eigenvalue weighted by molar-refractivity contribution is 7.14. The van der Waals surface area contributed by atoms with Gasteiger partial charge in [0.15, 0.2) is 0 Å². The lowest BCUT2D eigenvalue weighted by Crippen LogP contribution is -2.29. The highest BCUT2D eigenvalue weighted by atomic mass is 32.1. The van der Waals surface area contributed by atoms with Crippen LogP contribution in [-0.4, -0.2) is 12.0 Å². The van der Waals surface area contributed by atoms with Crippen molar-refractivity contribution in [2.45, 2.75) is 46.3 Å². The van der Waals surface area contributed by atoms with Crippen molar-refractivity contribution < 1.29 is 9.53 Å². The Balaban J connectivity index is 2.59. The molecule has 0 saturated carbocycles. The monoisotopic (exact) mass is 256 g/mol. The zero-order chi connectivity index (χ0) is 12.8. The zero-order valence-electron chi connectivity index (χ0n) is 10.6. The Morgan fingerprint density at radius 3 is 2.94 bits per heavy atom. The molecule has 0 aliphatic carbocycles. The molecule has 0 radical (unpaired) electrons. The molecule has 1 aromatic heterocycles. The summed E-state index contributed by atoms with van der Waals surface area (Å²) < 4.78 is 5.72. The van der Waals surface area contributed by atoms with Crippen molar-refractivity contribution in [1.82, 2.24) is 5.43 Å². The van der Waals surface area contributed by atoms with E-state index in [1.807, 2.05) is 13.0 Å². The Morgan fingerprint density at radius 1 is 1.65 bits per heavy atom. The molecule has 17 heavy (non-hydrogen) atoms. The van der Waals surface area contributed by atoms with E-state index < -0.39 is 0 Å². The number of hydrogen-bond donors (Lipinski definition) is 2. The standard InChI is InChI=1S/C12H20N2O2S/c1-4-5-8(2)16-7-10-6-11(12(15)14-13)17-9(10)3/h6,8H,4-5,7,13H2,1-3H3,(H,14,15). The molecule has 1 aromatic rings. The van der Waals surface area contributed by atoms with Gasteiger partial charge in [0.25, 0.3) is 5.91 Å². The van der Waals surface area contributed by atoms with Crippen LogP contribution < -0.4 is 11.3 Å². The van der Waals surface area contributed by atoms with E-state index in [-0.39, 0.29) is 12.0 Å². The van der Waals surface area contributed by atoms with E-state index in [4.69, 9.17) is 10.6 Å². The van der Waals surface area contributed by atoms with Crippen LogP contribution in [0.15, 0.2) is 6.07 Å². The van der Waals surface area contributed by atoms with Crippen LogP contribution in [-0.2, 0) is 11.3 Å². The van der Waals surface area contributed by atoms with Crippen molar-refractivity contribution in [3.8, 4) is 0 Å². The van der Waals surface area contributed by atoms with E-state index in [1.165, 1.54) is 11.3 Å². The van der Waals surface area contributed by atoms with Crippen LogP contribution in [0.2, 0.25) is 0 Å². The molecular formula is C12H20N2O2S. The first kappa shape index (κ1) is 14.2. The van der Waals surface area contributed by atoms with Gasteiger partial charge in [0, 0.05) is 4.88 Å². The number of aryl methyl sites for hydroxylation is 1. The molecule has 1 unspecified atom stereocenters. The number of ether oxygens (including phenoxy) is 1. The van der Waals surface area contributed by atoms with Crippen molar-refractivity contribution in [3.05, 3.63) is 21.4 Å². The van der Waals surface area contributed by atoms with Crippen molar-refractivity contribution in [3.63, 3.8) is 0 Å². The summed E-state index contributed by atoms with van der Waals surface area (Å²) in [6.45, 7) is 6.75. The third-order valence-electron chi connectivity index (χ3n) is 2.59. The van der Waals surface area contributed by atoms with Crippen LogP contribution in [0.4, 0.5) is 0 Å². The second kappa shape index (κ2) is 6.74. The van der Waals surface area contributed by atoms with Gasteiger partial charge in [-0.15, -0.1) is 11.3 Å². The number of nitrogens with one attached hydrogen (secondary N) is 1. The van der Waals surface area contributed by atoms with Crippen molar-refractivity contribution >= 4 is 17.2 Å². The molecule has 4 nitrogen and oxygen atoms in total. The molecule has 3 N–H and O–H groups in total. The Labute approximate surface area is 106 Å². The van der Waals surface area contributed by atoms with Crippen LogP contribution in [0.25, 0.3) is 0 Å². The van der Waals surface area contributed by atoms with E-state index in [0.29, 0.717) is 11.5 Å². The van der Waals surface area contributed by atoms with Gasteiger partial charge in [0.2, 0.25) is 0 Å². The first-order valence-electron chi connectivity index (χ1n) is 5.80. The molecular weight excluding hydrogens is 236 g/mol. The van der Waals surface area contributed by atoms with Gasteiger partial charge < -0.3 is 4.74 Å². The normalized spacial score (nSPS) is 12.5. The molecule has 0 bridgehead atoms. The molecule has 5 heteroatoms. The lowest BCUT2D eigenvalue weighted by molar-refractivity contribution is 0.0471.